The number of rotatable bonds is 12. The molecule has 1 aromatic carbocycles. The fourth-order valence-electron chi connectivity index (χ4n) is 2.49. The Labute approximate surface area is 165 Å². The molecule has 0 aliphatic heterocycles. The Morgan fingerprint density at radius 1 is 1.07 bits per heavy atom. The van der Waals surface area contributed by atoms with Crippen molar-refractivity contribution < 1.29 is 28.6 Å². The molecular formula is C19H29N3O6. The van der Waals surface area contributed by atoms with Gasteiger partial charge in [0.1, 0.15) is 0 Å². The van der Waals surface area contributed by atoms with E-state index in [1.165, 1.54) is 31.3 Å². The number of carbonyl (C=O) groups is 3. The van der Waals surface area contributed by atoms with Gasteiger partial charge in [-0.3, -0.25) is 14.4 Å². The van der Waals surface area contributed by atoms with Crippen LogP contribution in [0.4, 0.5) is 0 Å². The number of nitrogens with two attached hydrogens (primary N) is 1. The van der Waals surface area contributed by atoms with Gasteiger partial charge in [-0.2, -0.15) is 0 Å². The number of carbonyl (C=O) groups excluding carboxylic acids is 3. The second-order valence-electron chi connectivity index (χ2n) is 6.04. The minimum absolute atomic E-state index is 0.0444. The topological polar surface area (TPSA) is 120 Å². The van der Waals surface area contributed by atoms with E-state index < -0.39 is 5.91 Å². The van der Waals surface area contributed by atoms with Crippen molar-refractivity contribution >= 4 is 17.7 Å². The van der Waals surface area contributed by atoms with E-state index in [2.05, 4.69) is 5.32 Å². The number of amides is 3. The Balaban J connectivity index is 3.15. The Bertz CT molecular complexity index is 667. The van der Waals surface area contributed by atoms with Crippen molar-refractivity contribution in [2.75, 3.05) is 40.5 Å². The van der Waals surface area contributed by atoms with E-state index in [9.17, 15) is 14.4 Å². The molecule has 156 valence electrons. The van der Waals surface area contributed by atoms with Gasteiger partial charge in [0.15, 0.2) is 18.1 Å². The minimum atomic E-state index is -0.656. The van der Waals surface area contributed by atoms with Crippen LogP contribution >= 0.6 is 0 Å². The van der Waals surface area contributed by atoms with Crippen LogP contribution in [0.25, 0.3) is 0 Å². The smallest absolute Gasteiger partial charge is 0.255 e. The van der Waals surface area contributed by atoms with Crippen molar-refractivity contribution in [3.63, 3.8) is 0 Å². The fourth-order valence-corrected chi connectivity index (χ4v) is 2.49. The third-order valence-electron chi connectivity index (χ3n) is 3.75. The molecule has 3 amide bonds. The predicted octanol–water partition coefficient (Wildman–Crippen LogP) is 0.946. The molecule has 0 radical (unpaired) electrons. The number of ether oxygens (including phenoxy) is 3. The number of benzene rings is 1. The van der Waals surface area contributed by atoms with Crippen LogP contribution in [-0.2, 0) is 9.59 Å². The summed E-state index contributed by atoms with van der Waals surface area (Å²) in [4.78, 5) is 37.5. The third-order valence-corrected chi connectivity index (χ3v) is 3.75. The molecule has 0 aliphatic carbocycles. The van der Waals surface area contributed by atoms with Crippen molar-refractivity contribution in [1.82, 2.24) is 10.2 Å². The highest BCUT2D eigenvalue weighted by atomic mass is 16.5. The zero-order chi connectivity index (χ0) is 21.1. The molecule has 0 atom stereocenters. The van der Waals surface area contributed by atoms with Crippen LogP contribution in [0.15, 0.2) is 12.1 Å². The number of hydrogen-bond donors (Lipinski definition) is 2. The first kappa shape index (κ1) is 23.1. The lowest BCUT2D eigenvalue weighted by Crippen LogP contribution is -2.41. The Kier molecular flexibility index (Phi) is 9.63. The highest BCUT2D eigenvalue weighted by molar-refractivity contribution is 5.97. The standard InChI is InChI=1S/C19H29N3O6/c1-5-7-21-17(24)11-22(8-6-2)19(25)13-9-14(26-3)18(15(10-13)27-4)28-12-16(20)23/h9-10H,5-8,11-12H2,1-4H3,(H2,20,23)(H,21,24). The number of nitrogens with one attached hydrogen (secondary N) is 1. The van der Waals surface area contributed by atoms with Crippen molar-refractivity contribution in [2.45, 2.75) is 26.7 Å². The molecule has 1 aromatic rings. The lowest BCUT2D eigenvalue weighted by molar-refractivity contribution is -0.122. The summed E-state index contributed by atoms with van der Waals surface area (Å²) in [7, 11) is 2.81. The van der Waals surface area contributed by atoms with Gasteiger partial charge in [0.25, 0.3) is 11.8 Å². The minimum Gasteiger partial charge on any atom is -0.493 e. The molecule has 0 saturated carbocycles. The summed E-state index contributed by atoms with van der Waals surface area (Å²) < 4.78 is 15.9. The van der Waals surface area contributed by atoms with E-state index >= 15 is 0 Å². The summed E-state index contributed by atoms with van der Waals surface area (Å²) in [5.74, 6) is -0.609. The Hall–Kier alpha value is -2.97. The van der Waals surface area contributed by atoms with Crippen LogP contribution in [0.1, 0.15) is 37.0 Å². The SMILES string of the molecule is CCCNC(=O)CN(CCC)C(=O)c1cc(OC)c(OCC(N)=O)c(OC)c1. The summed E-state index contributed by atoms with van der Waals surface area (Å²) in [5.41, 5.74) is 5.39. The molecule has 0 spiro atoms. The quantitative estimate of drug-likeness (QED) is 0.544. The van der Waals surface area contributed by atoms with Crippen LogP contribution in [-0.4, -0.2) is 63.1 Å². The van der Waals surface area contributed by atoms with Gasteiger partial charge in [-0.15, -0.1) is 0 Å². The molecule has 3 N–H and O–H groups in total. The van der Waals surface area contributed by atoms with Gasteiger partial charge in [0.05, 0.1) is 20.8 Å². The van der Waals surface area contributed by atoms with E-state index in [4.69, 9.17) is 19.9 Å². The first-order valence-electron chi connectivity index (χ1n) is 9.10. The monoisotopic (exact) mass is 395 g/mol. The average Bonchev–Trinajstić information content (AvgIpc) is 2.68. The van der Waals surface area contributed by atoms with Crippen molar-refractivity contribution in [3.8, 4) is 17.2 Å². The summed E-state index contributed by atoms with van der Waals surface area (Å²) >= 11 is 0. The average molecular weight is 395 g/mol. The number of nitrogens with zero attached hydrogens (tertiary/aromatic N) is 1. The molecule has 0 bridgehead atoms. The molecule has 9 heteroatoms. The Morgan fingerprint density at radius 2 is 1.68 bits per heavy atom. The number of hydrogen-bond acceptors (Lipinski definition) is 6. The van der Waals surface area contributed by atoms with Gasteiger partial charge in [-0.05, 0) is 25.0 Å². The van der Waals surface area contributed by atoms with Gasteiger partial charge in [0, 0.05) is 18.7 Å². The molecule has 0 aromatic heterocycles. The first-order chi connectivity index (χ1) is 13.4. The van der Waals surface area contributed by atoms with Crippen molar-refractivity contribution in [2.24, 2.45) is 5.73 Å². The number of methoxy groups -OCH3 is 2. The maximum atomic E-state index is 13.0. The van der Waals surface area contributed by atoms with Gasteiger partial charge in [-0.1, -0.05) is 13.8 Å². The van der Waals surface area contributed by atoms with Gasteiger partial charge >= 0.3 is 0 Å². The van der Waals surface area contributed by atoms with E-state index in [0.29, 0.717) is 19.5 Å². The van der Waals surface area contributed by atoms with Gasteiger partial charge < -0.3 is 30.2 Å². The van der Waals surface area contributed by atoms with Crippen molar-refractivity contribution in [3.05, 3.63) is 17.7 Å². The normalized spacial score (nSPS) is 10.1. The first-order valence-corrected chi connectivity index (χ1v) is 9.10. The molecule has 0 unspecified atom stereocenters. The maximum Gasteiger partial charge on any atom is 0.255 e. The Morgan fingerprint density at radius 3 is 2.14 bits per heavy atom. The van der Waals surface area contributed by atoms with E-state index in [1.807, 2.05) is 13.8 Å². The molecule has 28 heavy (non-hydrogen) atoms. The summed E-state index contributed by atoms with van der Waals surface area (Å²) in [6.07, 6.45) is 1.51. The second kappa shape index (κ2) is 11.7. The molecular weight excluding hydrogens is 366 g/mol. The molecule has 0 saturated heterocycles. The fraction of sp³-hybridized carbons (Fsp3) is 0.526. The van der Waals surface area contributed by atoms with Crippen LogP contribution in [0.2, 0.25) is 0 Å². The highest BCUT2D eigenvalue weighted by Gasteiger charge is 2.23. The van der Waals surface area contributed by atoms with Crippen molar-refractivity contribution in [1.29, 1.82) is 0 Å². The zero-order valence-corrected chi connectivity index (χ0v) is 16.9. The second-order valence-corrected chi connectivity index (χ2v) is 6.04. The number of primary amides is 1. The van der Waals surface area contributed by atoms with Crippen LogP contribution in [0.5, 0.6) is 17.2 Å². The summed E-state index contributed by atoms with van der Waals surface area (Å²) in [6, 6.07) is 2.96. The highest BCUT2D eigenvalue weighted by Crippen LogP contribution is 2.38. The van der Waals surface area contributed by atoms with E-state index in [-0.39, 0.29) is 47.8 Å². The summed E-state index contributed by atoms with van der Waals surface area (Å²) in [6.45, 7) is 4.45. The van der Waals surface area contributed by atoms with Gasteiger partial charge in [-0.25, -0.2) is 0 Å². The molecule has 0 fully saturated rings. The molecule has 0 aliphatic rings. The van der Waals surface area contributed by atoms with E-state index in [0.717, 1.165) is 6.42 Å². The lowest BCUT2D eigenvalue weighted by Gasteiger charge is -2.23. The largest absolute Gasteiger partial charge is 0.493 e. The maximum absolute atomic E-state index is 13.0. The van der Waals surface area contributed by atoms with Crippen LogP contribution < -0.4 is 25.3 Å². The molecule has 1 rings (SSSR count). The third kappa shape index (κ3) is 6.64. The van der Waals surface area contributed by atoms with E-state index in [1.54, 1.807) is 0 Å². The zero-order valence-electron chi connectivity index (χ0n) is 16.9. The summed E-state index contributed by atoms with van der Waals surface area (Å²) in [5, 5.41) is 2.76. The predicted molar refractivity (Wildman–Crippen MR) is 104 cm³/mol. The molecule has 0 heterocycles. The lowest BCUT2D eigenvalue weighted by atomic mass is 10.1. The van der Waals surface area contributed by atoms with Crippen LogP contribution in [0, 0.1) is 0 Å². The molecule has 9 nitrogen and oxygen atoms in total. The van der Waals surface area contributed by atoms with Crippen LogP contribution in [0.3, 0.4) is 0 Å². The van der Waals surface area contributed by atoms with Gasteiger partial charge in [0.2, 0.25) is 11.7 Å².